The Hall–Kier alpha value is -2.77. The fourth-order valence-electron chi connectivity index (χ4n) is 5.10. The van der Waals surface area contributed by atoms with Gasteiger partial charge < -0.3 is 10.2 Å². The number of carbonyl (C=O) groups excluding carboxylic acids is 1. The molecular formula is C26H31ClN6O. The van der Waals surface area contributed by atoms with Crippen molar-refractivity contribution in [2.45, 2.75) is 58.5 Å². The molecule has 1 amide bonds. The number of nitrogens with zero attached hydrogens (tertiary/aromatic N) is 5. The third-order valence-corrected chi connectivity index (χ3v) is 7.31. The highest BCUT2D eigenvalue weighted by Crippen LogP contribution is 2.29. The van der Waals surface area contributed by atoms with Crippen LogP contribution in [0, 0.1) is 13.8 Å². The van der Waals surface area contributed by atoms with Crippen molar-refractivity contribution in [1.82, 2.24) is 30.0 Å². The molecule has 7 nitrogen and oxygen atoms in total. The minimum atomic E-state index is -0.0324. The Morgan fingerprint density at radius 2 is 2.12 bits per heavy atom. The fourth-order valence-corrected chi connectivity index (χ4v) is 5.33. The lowest BCUT2D eigenvalue weighted by Gasteiger charge is -2.32. The average Bonchev–Trinajstić information content (AvgIpc) is 3.19. The van der Waals surface area contributed by atoms with E-state index in [2.05, 4.69) is 31.3 Å². The highest BCUT2D eigenvalue weighted by Gasteiger charge is 2.27. The van der Waals surface area contributed by atoms with Crippen LogP contribution in [0.3, 0.4) is 0 Å². The first kappa shape index (κ1) is 23.0. The lowest BCUT2D eigenvalue weighted by molar-refractivity contribution is -0.133. The number of aryl methyl sites for hydroxylation is 2. The van der Waals surface area contributed by atoms with Crippen molar-refractivity contribution < 1.29 is 4.79 Å². The minimum Gasteiger partial charge on any atom is -0.337 e. The van der Waals surface area contributed by atoms with Crippen LogP contribution in [0.2, 0.25) is 5.02 Å². The number of rotatable bonds is 4. The van der Waals surface area contributed by atoms with Gasteiger partial charge in [0.1, 0.15) is 5.52 Å². The Kier molecular flexibility index (Phi) is 6.40. The second-order valence-electron chi connectivity index (χ2n) is 9.40. The van der Waals surface area contributed by atoms with Crippen molar-refractivity contribution in [3.63, 3.8) is 0 Å². The second kappa shape index (κ2) is 9.47. The number of halogens is 1. The van der Waals surface area contributed by atoms with Gasteiger partial charge in [-0.05, 0) is 75.4 Å². The largest absolute Gasteiger partial charge is 0.337 e. The van der Waals surface area contributed by atoms with Gasteiger partial charge in [0, 0.05) is 18.1 Å². The highest BCUT2D eigenvalue weighted by atomic mass is 35.5. The van der Waals surface area contributed by atoms with Crippen LogP contribution in [-0.2, 0) is 4.79 Å². The molecule has 1 fully saturated rings. The van der Waals surface area contributed by atoms with E-state index in [-0.39, 0.29) is 18.0 Å². The zero-order chi connectivity index (χ0) is 23.8. The molecule has 1 saturated heterocycles. The molecule has 2 unspecified atom stereocenters. The lowest BCUT2D eigenvalue weighted by atomic mass is 10.0. The molecule has 1 N–H and O–H groups in total. The van der Waals surface area contributed by atoms with E-state index < -0.39 is 0 Å². The van der Waals surface area contributed by atoms with Crippen molar-refractivity contribution in [3.8, 4) is 0 Å². The topological polar surface area (TPSA) is 75.9 Å². The molecule has 2 aromatic heterocycles. The van der Waals surface area contributed by atoms with E-state index in [1.54, 1.807) is 0 Å². The van der Waals surface area contributed by atoms with Crippen LogP contribution in [0.5, 0.6) is 0 Å². The Balaban J connectivity index is 1.41. The summed E-state index contributed by atoms with van der Waals surface area (Å²) in [5.41, 5.74) is 6.73. The maximum atomic E-state index is 12.9. The summed E-state index contributed by atoms with van der Waals surface area (Å²) >= 11 is 6.17. The van der Waals surface area contributed by atoms with E-state index in [0.717, 1.165) is 76.5 Å². The number of piperidine rings is 1. The van der Waals surface area contributed by atoms with E-state index in [9.17, 15) is 4.79 Å². The zero-order valence-corrected chi connectivity index (χ0v) is 20.8. The maximum Gasteiger partial charge on any atom is 0.239 e. The third-order valence-electron chi connectivity index (χ3n) is 7.08. The molecule has 0 radical (unpaired) electrons. The number of nitrogens with one attached hydrogen (secondary N) is 1. The summed E-state index contributed by atoms with van der Waals surface area (Å²) in [6.45, 7) is 8.42. The monoisotopic (exact) mass is 478 g/mol. The minimum absolute atomic E-state index is 0.00513. The van der Waals surface area contributed by atoms with E-state index in [4.69, 9.17) is 26.7 Å². The first-order valence-electron chi connectivity index (χ1n) is 12.1. The molecule has 4 heterocycles. The Bertz CT molecular complexity index is 1260. The van der Waals surface area contributed by atoms with Gasteiger partial charge >= 0.3 is 0 Å². The molecule has 8 heteroatoms. The van der Waals surface area contributed by atoms with Gasteiger partial charge in [-0.25, -0.2) is 14.6 Å². The van der Waals surface area contributed by atoms with Gasteiger partial charge in [-0.15, -0.1) is 0 Å². The van der Waals surface area contributed by atoms with Gasteiger partial charge in [-0.3, -0.25) is 4.79 Å². The molecular weight excluding hydrogens is 448 g/mol. The SMILES string of the molecule is Cc1cc(Cl)ccc1C(C)n1nc(C)c2ncc(C3=CCN(C(=O)C4CCCCN4)CC3)nc21. The number of carbonyl (C=O) groups is 1. The van der Waals surface area contributed by atoms with Crippen molar-refractivity contribution in [2.75, 3.05) is 19.6 Å². The number of hydrogen-bond donors (Lipinski definition) is 1. The smallest absolute Gasteiger partial charge is 0.239 e. The van der Waals surface area contributed by atoms with E-state index >= 15 is 0 Å². The van der Waals surface area contributed by atoms with Crippen molar-refractivity contribution in [3.05, 3.63) is 58.0 Å². The molecule has 1 aromatic carbocycles. The normalized spacial score (nSPS) is 19.8. The second-order valence-corrected chi connectivity index (χ2v) is 9.84. The van der Waals surface area contributed by atoms with Crippen LogP contribution in [0.25, 0.3) is 16.7 Å². The molecule has 2 aliphatic heterocycles. The maximum absolute atomic E-state index is 12.9. The molecule has 34 heavy (non-hydrogen) atoms. The molecule has 3 aromatic rings. The van der Waals surface area contributed by atoms with Crippen LogP contribution in [0.1, 0.15) is 61.2 Å². The number of aromatic nitrogens is 4. The summed E-state index contributed by atoms with van der Waals surface area (Å²) in [4.78, 5) is 24.5. The molecule has 0 spiro atoms. The summed E-state index contributed by atoms with van der Waals surface area (Å²) in [6.07, 6.45) is 7.95. The van der Waals surface area contributed by atoms with E-state index in [0.29, 0.717) is 13.1 Å². The Morgan fingerprint density at radius 1 is 1.26 bits per heavy atom. The zero-order valence-electron chi connectivity index (χ0n) is 20.0. The van der Waals surface area contributed by atoms with Crippen molar-refractivity contribution in [1.29, 1.82) is 0 Å². The first-order valence-corrected chi connectivity index (χ1v) is 12.5. The van der Waals surface area contributed by atoms with Crippen LogP contribution < -0.4 is 5.32 Å². The number of benzene rings is 1. The highest BCUT2D eigenvalue weighted by molar-refractivity contribution is 6.30. The summed E-state index contributed by atoms with van der Waals surface area (Å²) in [5, 5.41) is 8.88. The molecule has 178 valence electrons. The molecule has 0 aliphatic carbocycles. The van der Waals surface area contributed by atoms with Crippen LogP contribution in [0.15, 0.2) is 30.5 Å². The molecule has 2 aliphatic rings. The van der Waals surface area contributed by atoms with Gasteiger partial charge in [0.25, 0.3) is 0 Å². The molecule has 0 bridgehead atoms. The fraction of sp³-hybridized carbons (Fsp3) is 0.462. The van der Waals surface area contributed by atoms with Gasteiger partial charge in [-0.1, -0.05) is 30.2 Å². The lowest BCUT2D eigenvalue weighted by Crippen LogP contribution is -2.49. The van der Waals surface area contributed by atoms with Crippen LogP contribution in [-0.4, -0.2) is 56.2 Å². The van der Waals surface area contributed by atoms with E-state index in [1.807, 2.05) is 34.8 Å². The van der Waals surface area contributed by atoms with Crippen molar-refractivity contribution >= 4 is 34.2 Å². The first-order chi connectivity index (χ1) is 16.4. The molecule has 5 rings (SSSR count). The van der Waals surface area contributed by atoms with Crippen molar-refractivity contribution in [2.24, 2.45) is 0 Å². The van der Waals surface area contributed by atoms with E-state index in [1.165, 1.54) is 0 Å². The number of amides is 1. The Morgan fingerprint density at radius 3 is 2.82 bits per heavy atom. The summed E-state index contributed by atoms with van der Waals surface area (Å²) in [6, 6.07) is 5.91. The number of hydrogen-bond acceptors (Lipinski definition) is 5. The van der Waals surface area contributed by atoms with Gasteiger partial charge in [0.05, 0.1) is 29.7 Å². The standard InChI is InChI=1S/C26H31ClN6O/c1-16-14-20(27)7-8-21(16)18(3)33-25-24(17(2)31-33)29-15-23(30-25)19-9-12-32(13-10-19)26(34)22-6-4-5-11-28-22/h7-9,14-15,18,22,28H,4-6,10-13H2,1-3H3. The van der Waals surface area contributed by atoms with Gasteiger partial charge in [0.15, 0.2) is 5.65 Å². The third kappa shape index (κ3) is 4.34. The van der Waals surface area contributed by atoms with Crippen LogP contribution >= 0.6 is 11.6 Å². The number of fused-ring (bicyclic) bond motifs is 1. The summed E-state index contributed by atoms with van der Waals surface area (Å²) in [7, 11) is 0. The van der Waals surface area contributed by atoms with Gasteiger partial charge in [-0.2, -0.15) is 5.10 Å². The molecule has 2 atom stereocenters. The summed E-state index contributed by atoms with van der Waals surface area (Å²) in [5.74, 6) is 0.220. The average molecular weight is 479 g/mol. The predicted molar refractivity (Wildman–Crippen MR) is 135 cm³/mol. The van der Waals surface area contributed by atoms with Gasteiger partial charge in [0.2, 0.25) is 5.91 Å². The summed E-state index contributed by atoms with van der Waals surface area (Å²) < 4.78 is 1.96. The predicted octanol–water partition coefficient (Wildman–Crippen LogP) is 4.46. The van der Waals surface area contributed by atoms with Crippen LogP contribution in [0.4, 0.5) is 0 Å². The Labute approximate surface area is 205 Å². The molecule has 0 saturated carbocycles. The quantitative estimate of drug-likeness (QED) is 0.599.